The van der Waals surface area contributed by atoms with E-state index in [4.69, 9.17) is 0 Å². The summed E-state index contributed by atoms with van der Waals surface area (Å²) < 4.78 is 13.9. The fourth-order valence-corrected chi connectivity index (χ4v) is 1.76. The van der Waals surface area contributed by atoms with Gasteiger partial charge < -0.3 is 5.32 Å². The van der Waals surface area contributed by atoms with E-state index in [0.29, 0.717) is 5.69 Å². The minimum atomic E-state index is -0.481. The first-order valence-corrected chi connectivity index (χ1v) is 5.46. The van der Waals surface area contributed by atoms with E-state index in [1.165, 1.54) is 12.3 Å². The Hall–Kier alpha value is -1.17. The zero-order valence-electron chi connectivity index (χ0n) is 7.74. The second kappa shape index (κ2) is 4.57. The first-order chi connectivity index (χ1) is 7.24. The molecule has 1 heterocycles. The highest BCUT2D eigenvalue weighted by atomic mass is 127. The number of benzene rings is 1. The van der Waals surface area contributed by atoms with Crippen molar-refractivity contribution in [2.45, 2.75) is 0 Å². The van der Waals surface area contributed by atoms with Crippen molar-refractivity contribution in [3.05, 3.63) is 52.1 Å². The smallest absolute Gasteiger partial charge is 0.214 e. The van der Waals surface area contributed by atoms with Gasteiger partial charge in [0.1, 0.15) is 0 Å². The molecule has 0 aliphatic heterocycles. The van der Waals surface area contributed by atoms with Gasteiger partial charge >= 0.3 is 0 Å². The third kappa shape index (κ3) is 2.89. The predicted octanol–water partition coefficient (Wildman–Crippen LogP) is 3.57. The average molecular weight is 314 g/mol. The maximum atomic E-state index is 12.8. The Morgan fingerprint density at radius 1 is 1.13 bits per heavy atom. The van der Waals surface area contributed by atoms with Crippen LogP contribution in [0.4, 0.5) is 15.8 Å². The van der Waals surface area contributed by atoms with E-state index >= 15 is 0 Å². The Balaban J connectivity index is 2.22. The number of pyridine rings is 1. The molecule has 1 aromatic carbocycles. The Morgan fingerprint density at radius 2 is 1.93 bits per heavy atom. The average Bonchev–Trinajstić information content (AvgIpc) is 2.17. The summed E-state index contributed by atoms with van der Waals surface area (Å²) in [4.78, 5) is 3.49. The Kier molecular flexibility index (Phi) is 3.15. The number of hydrogen-bond acceptors (Lipinski definition) is 2. The van der Waals surface area contributed by atoms with Gasteiger partial charge in [0.25, 0.3) is 0 Å². The molecule has 0 amide bonds. The maximum Gasteiger partial charge on any atom is 0.214 e. The van der Waals surface area contributed by atoms with Crippen LogP contribution in [0.1, 0.15) is 0 Å². The lowest BCUT2D eigenvalue weighted by atomic mass is 10.3. The van der Waals surface area contributed by atoms with E-state index in [1.807, 2.05) is 24.3 Å². The molecule has 76 valence electrons. The van der Waals surface area contributed by atoms with Crippen LogP contribution in [0.3, 0.4) is 0 Å². The molecule has 0 unspecified atom stereocenters. The molecule has 0 saturated carbocycles. The molecule has 2 aromatic rings. The van der Waals surface area contributed by atoms with Crippen molar-refractivity contribution in [3.63, 3.8) is 0 Å². The highest BCUT2D eigenvalue weighted by molar-refractivity contribution is 14.1. The van der Waals surface area contributed by atoms with Crippen LogP contribution in [-0.2, 0) is 0 Å². The fourth-order valence-electron chi connectivity index (χ4n) is 1.21. The van der Waals surface area contributed by atoms with E-state index in [-0.39, 0.29) is 0 Å². The monoisotopic (exact) mass is 314 g/mol. The van der Waals surface area contributed by atoms with Crippen LogP contribution in [0.2, 0.25) is 0 Å². The molecule has 0 saturated heterocycles. The zero-order chi connectivity index (χ0) is 10.7. The molecule has 1 aromatic heterocycles. The van der Waals surface area contributed by atoms with Crippen molar-refractivity contribution < 1.29 is 4.39 Å². The van der Waals surface area contributed by atoms with Gasteiger partial charge in [0.2, 0.25) is 5.95 Å². The Bertz CT molecular complexity index is 430. The van der Waals surface area contributed by atoms with Gasteiger partial charge in [0.05, 0.1) is 0 Å². The van der Waals surface area contributed by atoms with Crippen molar-refractivity contribution in [3.8, 4) is 0 Å². The minimum absolute atomic E-state index is 0.481. The molecule has 0 spiro atoms. The molecule has 0 radical (unpaired) electrons. The lowest BCUT2D eigenvalue weighted by molar-refractivity contribution is 0.584. The van der Waals surface area contributed by atoms with E-state index in [1.54, 1.807) is 6.07 Å². The number of anilines is 2. The van der Waals surface area contributed by atoms with Gasteiger partial charge in [-0.2, -0.15) is 4.39 Å². The molecule has 2 nitrogen and oxygen atoms in total. The van der Waals surface area contributed by atoms with Gasteiger partial charge in [-0.25, -0.2) is 4.98 Å². The van der Waals surface area contributed by atoms with Crippen LogP contribution >= 0.6 is 22.6 Å². The van der Waals surface area contributed by atoms with Crippen molar-refractivity contribution in [2.24, 2.45) is 0 Å². The minimum Gasteiger partial charge on any atom is -0.355 e. The molecule has 0 fully saturated rings. The fraction of sp³-hybridized carbons (Fsp3) is 0. The molecule has 15 heavy (non-hydrogen) atoms. The van der Waals surface area contributed by atoms with Crippen molar-refractivity contribution in [1.82, 2.24) is 4.98 Å². The summed E-state index contributed by atoms with van der Waals surface area (Å²) in [5.74, 6) is -0.481. The number of hydrogen-bond donors (Lipinski definition) is 1. The molecule has 0 atom stereocenters. The number of rotatable bonds is 2. The number of nitrogens with one attached hydrogen (secondary N) is 1. The van der Waals surface area contributed by atoms with Crippen LogP contribution in [0, 0.1) is 9.52 Å². The predicted molar refractivity (Wildman–Crippen MR) is 66.6 cm³/mol. The Labute approximate surface area is 101 Å². The highest BCUT2D eigenvalue weighted by Crippen LogP contribution is 2.18. The van der Waals surface area contributed by atoms with Crippen LogP contribution in [-0.4, -0.2) is 4.98 Å². The summed E-state index contributed by atoms with van der Waals surface area (Å²) in [6, 6.07) is 10.9. The number of nitrogens with zero attached hydrogens (tertiary/aromatic N) is 1. The molecule has 0 aliphatic carbocycles. The maximum absolute atomic E-state index is 12.8. The third-order valence-electron chi connectivity index (χ3n) is 1.84. The first kappa shape index (κ1) is 10.4. The van der Waals surface area contributed by atoms with E-state index in [9.17, 15) is 4.39 Å². The number of halogens is 2. The molecular formula is C11H8FIN2. The van der Waals surface area contributed by atoms with Crippen LogP contribution in [0.25, 0.3) is 0 Å². The standard InChI is InChI=1S/C11H8FIN2/c12-11-7-10(4-5-14-11)15-9-3-1-2-8(13)6-9/h1-7H,(H,14,15). The summed E-state index contributed by atoms with van der Waals surface area (Å²) in [6.45, 7) is 0. The van der Waals surface area contributed by atoms with E-state index in [2.05, 4.69) is 32.9 Å². The number of aromatic nitrogens is 1. The summed E-state index contributed by atoms with van der Waals surface area (Å²) in [6.07, 6.45) is 1.44. The van der Waals surface area contributed by atoms with Gasteiger partial charge in [0.15, 0.2) is 0 Å². The summed E-state index contributed by atoms with van der Waals surface area (Å²) in [5.41, 5.74) is 1.64. The van der Waals surface area contributed by atoms with Crippen LogP contribution in [0.15, 0.2) is 42.6 Å². The van der Waals surface area contributed by atoms with E-state index < -0.39 is 5.95 Å². The first-order valence-electron chi connectivity index (χ1n) is 4.38. The van der Waals surface area contributed by atoms with Crippen LogP contribution < -0.4 is 5.32 Å². The Morgan fingerprint density at radius 3 is 2.67 bits per heavy atom. The lowest BCUT2D eigenvalue weighted by Gasteiger charge is -2.05. The topological polar surface area (TPSA) is 24.9 Å². The van der Waals surface area contributed by atoms with Gasteiger partial charge in [-0.1, -0.05) is 6.07 Å². The molecule has 0 aliphatic rings. The highest BCUT2D eigenvalue weighted by Gasteiger charge is 1.97. The summed E-state index contributed by atoms with van der Waals surface area (Å²) in [7, 11) is 0. The molecule has 2 rings (SSSR count). The van der Waals surface area contributed by atoms with Gasteiger partial charge in [0, 0.05) is 27.2 Å². The van der Waals surface area contributed by atoms with Crippen LogP contribution in [0.5, 0.6) is 0 Å². The normalized spacial score (nSPS) is 10.0. The van der Waals surface area contributed by atoms with Crippen molar-refractivity contribution >= 4 is 34.0 Å². The van der Waals surface area contributed by atoms with Gasteiger partial charge in [-0.3, -0.25) is 0 Å². The zero-order valence-corrected chi connectivity index (χ0v) is 9.90. The molecular weight excluding hydrogens is 306 g/mol. The second-order valence-electron chi connectivity index (χ2n) is 3.00. The lowest BCUT2D eigenvalue weighted by Crippen LogP contribution is -1.92. The SMILES string of the molecule is Fc1cc(Nc2cccc(I)c2)ccn1. The van der Waals surface area contributed by atoms with Crippen molar-refractivity contribution in [1.29, 1.82) is 0 Å². The second-order valence-corrected chi connectivity index (χ2v) is 4.25. The third-order valence-corrected chi connectivity index (χ3v) is 2.51. The van der Waals surface area contributed by atoms with Gasteiger partial charge in [-0.15, -0.1) is 0 Å². The molecule has 4 heteroatoms. The largest absolute Gasteiger partial charge is 0.355 e. The van der Waals surface area contributed by atoms with Crippen molar-refractivity contribution in [2.75, 3.05) is 5.32 Å². The molecule has 0 bridgehead atoms. The van der Waals surface area contributed by atoms with Gasteiger partial charge in [-0.05, 0) is 46.9 Å². The van der Waals surface area contributed by atoms with E-state index in [0.717, 1.165) is 9.26 Å². The summed E-state index contributed by atoms with van der Waals surface area (Å²) >= 11 is 2.23. The molecule has 1 N–H and O–H groups in total. The summed E-state index contributed by atoms with van der Waals surface area (Å²) in [5, 5.41) is 3.10. The quantitative estimate of drug-likeness (QED) is 0.677.